The third kappa shape index (κ3) is 5.42. The Morgan fingerprint density at radius 1 is 1.14 bits per heavy atom. The molecule has 1 fully saturated rings. The Bertz CT molecular complexity index is 876. The predicted octanol–water partition coefficient (Wildman–Crippen LogP) is 3.21. The number of methoxy groups -OCH3 is 1. The lowest BCUT2D eigenvalue weighted by Gasteiger charge is -2.33. The highest BCUT2D eigenvalue weighted by molar-refractivity contribution is 5.92. The molecule has 0 saturated carbocycles. The van der Waals surface area contributed by atoms with Crippen molar-refractivity contribution in [1.82, 2.24) is 10.2 Å². The maximum Gasteiger partial charge on any atom is 0.337 e. The topological polar surface area (TPSA) is 61.9 Å². The minimum atomic E-state index is -0.649. The lowest BCUT2D eigenvalue weighted by Crippen LogP contribution is -2.51. The number of nitrogens with one attached hydrogen (secondary N) is 1. The Morgan fingerprint density at radius 3 is 2.48 bits per heavy atom. The molecule has 2 aromatic carbocycles. The minimum absolute atomic E-state index is 0. The summed E-state index contributed by atoms with van der Waals surface area (Å²) in [5.74, 6) is -1.78. The van der Waals surface area contributed by atoms with Crippen molar-refractivity contribution in [3.05, 3.63) is 65.2 Å². The van der Waals surface area contributed by atoms with E-state index in [1.807, 2.05) is 0 Å². The summed E-state index contributed by atoms with van der Waals surface area (Å²) in [6, 6.07) is 9.22. The normalized spacial score (nSPS) is 13.4. The summed E-state index contributed by atoms with van der Waals surface area (Å²) < 4.78 is 32.9. The number of amides is 2. The Morgan fingerprint density at radius 2 is 1.86 bits per heavy atom. The fourth-order valence-corrected chi connectivity index (χ4v) is 3.03. The van der Waals surface area contributed by atoms with E-state index in [9.17, 15) is 18.4 Å². The summed E-state index contributed by atoms with van der Waals surface area (Å²) in [7, 11) is 1.21. The van der Waals surface area contributed by atoms with Crippen LogP contribution >= 0.6 is 12.4 Å². The molecule has 1 heterocycles. The SMILES string of the molecule is COC(=O)c1ccc(CN(C(=O)N2CCNCC2)c2cccc(F)c2)c(F)c1.Cl. The largest absolute Gasteiger partial charge is 0.465 e. The van der Waals surface area contributed by atoms with Gasteiger partial charge < -0.3 is 15.0 Å². The molecule has 0 radical (unpaired) electrons. The second-order valence-corrected chi connectivity index (χ2v) is 6.38. The fraction of sp³-hybridized carbons (Fsp3) is 0.300. The number of urea groups is 1. The lowest BCUT2D eigenvalue weighted by molar-refractivity contribution is 0.0600. The van der Waals surface area contributed by atoms with Crippen LogP contribution in [0.25, 0.3) is 0 Å². The van der Waals surface area contributed by atoms with Crippen molar-refractivity contribution < 1.29 is 23.1 Å². The van der Waals surface area contributed by atoms with Crippen molar-refractivity contribution in [2.24, 2.45) is 0 Å². The number of rotatable bonds is 4. The minimum Gasteiger partial charge on any atom is -0.465 e. The highest BCUT2D eigenvalue weighted by Crippen LogP contribution is 2.22. The van der Waals surface area contributed by atoms with Gasteiger partial charge in [0.2, 0.25) is 0 Å². The number of piperazine rings is 1. The number of hydrogen-bond acceptors (Lipinski definition) is 4. The summed E-state index contributed by atoms with van der Waals surface area (Å²) in [4.78, 5) is 27.6. The van der Waals surface area contributed by atoms with Crippen LogP contribution in [0.15, 0.2) is 42.5 Å². The number of hydrogen-bond donors (Lipinski definition) is 1. The smallest absolute Gasteiger partial charge is 0.337 e. The molecule has 1 N–H and O–H groups in total. The first-order valence-electron chi connectivity index (χ1n) is 8.89. The molecular formula is C20H22ClF2N3O3. The number of anilines is 1. The van der Waals surface area contributed by atoms with Gasteiger partial charge in [0.25, 0.3) is 0 Å². The summed E-state index contributed by atoms with van der Waals surface area (Å²) in [5, 5.41) is 3.16. The quantitative estimate of drug-likeness (QED) is 0.764. The maximum absolute atomic E-state index is 14.6. The second kappa shape index (κ2) is 10.2. The molecular weight excluding hydrogens is 404 g/mol. The Labute approximate surface area is 173 Å². The van der Waals surface area contributed by atoms with Gasteiger partial charge in [-0.3, -0.25) is 4.90 Å². The van der Waals surface area contributed by atoms with E-state index in [0.717, 1.165) is 6.07 Å². The van der Waals surface area contributed by atoms with Gasteiger partial charge >= 0.3 is 12.0 Å². The first-order chi connectivity index (χ1) is 13.5. The molecule has 0 unspecified atom stereocenters. The first kappa shape index (κ1) is 22.6. The highest BCUT2D eigenvalue weighted by Gasteiger charge is 2.25. The van der Waals surface area contributed by atoms with Gasteiger partial charge in [-0.05, 0) is 30.3 Å². The molecule has 0 bridgehead atoms. The van der Waals surface area contributed by atoms with E-state index >= 15 is 0 Å². The van der Waals surface area contributed by atoms with Crippen LogP contribution < -0.4 is 10.2 Å². The van der Waals surface area contributed by atoms with E-state index in [1.165, 1.54) is 42.3 Å². The number of ether oxygens (including phenoxy) is 1. The molecule has 0 aliphatic carbocycles. The number of benzene rings is 2. The van der Waals surface area contributed by atoms with Crippen molar-refractivity contribution in [3.63, 3.8) is 0 Å². The Hall–Kier alpha value is -2.71. The first-order valence-corrected chi connectivity index (χ1v) is 8.89. The third-order valence-corrected chi connectivity index (χ3v) is 4.54. The average molecular weight is 426 g/mol. The van der Waals surface area contributed by atoms with Crippen LogP contribution in [0.4, 0.5) is 19.3 Å². The van der Waals surface area contributed by atoms with Gasteiger partial charge in [0.15, 0.2) is 0 Å². The van der Waals surface area contributed by atoms with Crippen molar-refractivity contribution >= 4 is 30.1 Å². The molecule has 6 nitrogen and oxygen atoms in total. The van der Waals surface area contributed by atoms with Crippen LogP contribution in [0.1, 0.15) is 15.9 Å². The average Bonchev–Trinajstić information content (AvgIpc) is 2.72. The molecule has 156 valence electrons. The van der Waals surface area contributed by atoms with Crippen LogP contribution in [-0.2, 0) is 11.3 Å². The van der Waals surface area contributed by atoms with E-state index in [2.05, 4.69) is 10.1 Å². The molecule has 0 atom stereocenters. The third-order valence-electron chi connectivity index (χ3n) is 4.54. The number of esters is 1. The fourth-order valence-electron chi connectivity index (χ4n) is 3.03. The number of halogens is 3. The van der Waals surface area contributed by atoms with Gasteiger partial charge in [0.05, 0.1) is 19.2 Å². The van der Waals surface area contributed by atoms with Gasteiger partial charge in [-0.2, -0.15) is 0 Å². The van der Waals surface area contributed by atoms with Crippen molar-refractivity contribution in [1.29, 1.82) is 0 Å². The lowest BCUT2D eigenvalue weighted by atomic mass is 10.1. The zero-order valence-corrected chi connectivity index (χ0v) is 16.7. The monoisotopic (exact) mass is 425 g/mol. The predicted molar refractivity (Wildman–Crippen MR) is 107 cm³/mol. The number of carbonyl (C=O) groups excluding carboxylic acids is 2. The van der Waals surface area contributed by atoms with Crippen LogP contribution in [0.5, 0.6) is 0 Å². The molecule has 1 saturated heterocycles. The Balaban J connectivity index is 0.00000300. The summed E-state index contributed by atoms with van der Waals surface area (Å²) in [5.41, 5.74) is 0.620. The zero-order valence-electron chi connectivity index (χ0n) is 15.9. The second-order valence-electron chi connectivity index (χ2n) is 6.38. The number of nitrogens with zero attached hydrogens (tertiary/aromatic N) is 2. The Kier molecular flexibility index (Phi) is 7.92. The van der Waals surface area contributed by atoms with E-state index in [4.69, 9.17) is 0 Å². The van der Waals surface area contributed by atoms with Crippen molar-refractivity contribution in [2.75, 3.05) is 38.2 Å². The molecule has 0 aromatic heterocycles. The van der Waals surface area contributed by atoms with Gasteiger partial charge in [0.1, 0.15) is 11.6 Å². The van der Waals surface area contributed by atoms with Gasteiger partial charge in [0, 0.05) is 37.4 Å². The molecule has 0 spiro atoms. The van der Waals surface area contributed by atoms with E-state index in [-0.39, 0.29) is 36.1 Å². The van der Waals surface area contributed by atoms with Crippen LogP contribution in [-0.4, -0.2) is 50.2 Å². The van der Waals surface area contributed by atoms with Crippen LogP contribution in [0.2, 0.25) is 0 Å². The maximum atomic E-state index is 14.6. The standard InChI is InChI=1S/C20H21F2N3O3.ClH/c1-28-19(26)14-5-6-15(18(22)11-14)13-25(17-4-2-3-16(21)12-17)20(27)24-9-7-23-8-10-24;/h2-6,11-12,23H,7-10,13H2,1H3;1H. The van der Waals surface area contributed by atoms with Crippen molar-refractivity contribution in [3.8, 4) is 0 Å². The number of carbonyl (C=O) groups is 2. The van der Waals surface area contributed by atoms with E-state index < -0.39 is 17.6 Å². The zero-order chi connectivity index (χ0) is 20.1. The van der Waals surface area contributed by atoms with Gasteiger partial charge in [-0.1, -0.05) is 12.1 Å². The summed E-state index contributed by atoms with van der Waals surface area (Å²) in [6.07, 6.45) is 0. The molecule has 2 aromatic rings. The van der Waals surface area contributed by atoms with Gasteiger partial charge in [-0.25, -0.2) is 18.4 Å². The molecule has 3 rings (SSSR count). The van der Waals surface area contributed by atoms with Crippen molar-refractivity contribution in [2.45, 2.75) is 6.54 Å². The molecule has 29 heavy (non-hydrogen) atoms. The molecule has 9 heteroatoms. The summed E-state index contributed by atoms with van der Waals surface area (Å²) >= 11 is 0. The molecule has 2 amide bonds. The van der Waals surface area contributed by atoms with Crippen LogP contribution in [0, 0.1) is 11.6 Å². The van der Waals surface area contributed by atoms with Crippen LogP contribution in [0.3, 0.4) is 0 Å². The summed E-state index contributed by atoms with van der Waals surface area (Å²) in [6.45, 7) is 2.23. The van der Waals surface area contributed by atoms with E-state index in [0.29, 0.717) is 31.9 Å². The van der Waals surface area contributed by atoms with Gasteiger partial charge in [-0.15, -0.1) is 12.4 Å². The highest BCUT2D eigenvalue weighted by atomic mass is 35.5. The molecule has 1 aliphatic rings. The van der Waals surface area contributed by atoms with E-state index in [1.54, 1.807) is 11.0 Å². The molecule has 1 aliphatic heterocycles.